The van der Waals surface area contributed by atoms with Gasteiger partial charge in [-0.05, 0) is 43.7 Å². The molecule has 2 aromatic carbocycles. The number of likely N-dealkylation sites (N-methyl/N-ethyl adjacent to an activating group) is 1. The van der Waals surface area contributed by atoms with E-state index in [2.05, 4.69) is 52.3 Å². The van der Waals surface area contributed by atoms with Crippen molar-refractivity contribution in [1.82, 2.24) is 14.8 Å². The Hall–Kier alpha value is -2.48. The summed E-state index contributed by atoms with van der Waals surface area (Å²) in [6, 6.07) is 16.8. The van der Waals surface area contributed by atoms with Crippen LogP contribution in [-0.2, 0) is 16.1 Å². The molecule has 0 radical (unpaired) electrons. The summed E-state index contributed by atoms with van der Waals surface area (Å²) in [5.41, 5.74) is 3.59. The third kappa shape index (κ3) is 5.21. The van der Waals surface area contributed by atoms with Crippen molar-refractivity contribution in [1.29, 1.82) is 0 Å². The molecule has 2 aliphatic rings. The van der Waals surface area contributed by atoms with Gasteiger partial charge < -0.3 is 14.5 Å². The Kier molecular flexibility index (Phi) is 6.90. The molecule has 3 aromatic rings. The molecule has 0 bridgehead atoms. The number of nitrogens with zero attached hydrogens (tertiary/aromatic N) is 4. The minimum Gasteiger partial charge on any atom is -0.378 e. The molecule has 174 valence electrons. The van der Waals surface area contributed by atoms with Crippen molar-refractivity contribution in [3.05, 3.63) is 59.1 Å². The number of ether oxygens (including phenoxy) is 1. The number of carbonyl (C=O) groups excluding carboxylic acids is 1. The molecule has 5 rings (SSSR count). The van der Waals surface area contributed by atoms with Crippen LogP contribution in [0, 0.1) is 0 Å². The summed E-state index contributed by atoms with van der Waals surface area (Å²) in [5, 5.41) is 1.17. The fourth-order valence-electron chi connectivity index (χ4n) is 4.90. The number of rotatable bonds is 6. The van der Waals surface area contributed by atoms with Crippen molar-refractivity contribution in [2.75, 3.05) is 57.9 Å². The number of amides is 1. The molecule has 0 aliphatic carbocycles. The van der Waals surface area contributed by atoms with Crippen LogP contribution < -0.4 is 4.90 Å². The van der Waals surface area contributed by atoms with Crippen LogP contribution >= 0.6 is 11.3 Å². The van der Waals surface area contributed by atoms with Gasteiger partial charge in [0.05, 0.1) is 35.0 Å². The van der Waals surface area contributed by atoms with E-state index in [4.69, 9.17) is 9.72 Å². The van der Waals surface area contributed by atoms with Gasteiger partial charge in [0.2, 0.25) is 5.91 Å². The zero-order valence-corrected chi connectivity index (χ0v) is 20.1. The molecule has 2 fully saturated rings. The van der Waals surface area contributed by atoms with Gasteiger partial charge in [0, 0.05) is 44.3 Å². The van der Waals surface area contributed by atoms with Crippen LogP contribution in [0.25, 0.3) is 10.2 Å². The molecule has 33 heavy (non-hydrogen) atoms. The minimum absolute atomic E-state index is 0.215. The molecule has 6 nitrogen and oxygen atoms in total. The molecular formula is C26H32N4O2S. The first-order valence-corrected chi connectivity index (χ1v) is 12.7. The third-order valence-electron chi connectivity index (χ3n) is 6.62. The van der Waals surface area contributed by atoms with Gasteiger partial charge in [0.15, 0.2) is 0 Å². The number of morpholine rings is 1. The molecular weight excluding hydrogens is 432 g/mol. The van der Waals surface area contributed by atoms with Crippen LogP contribution in [0.4, 0.5) is 5.69 Å². The Balaban J connectivity index is 1.20. The number of likely N-dealkylation sites (tertiary alicyclic amines) is 1. The van der Waals surface area contributed by atoms with E-state index >= 15 is 0 Å². The number of aromatic nitrogens is 1. The van der Waals surface area contributed by atoms with E-state index < -0.39 is 0 Å². The zero-order valence-electron chi connectivity index (χ0n) is 19.3. The molecule has 1 unspecified atom stereocenters. The van der Waals surface area contributed by atoms with Gasteiger partial charge in [0.1, 0.15) is 0 Å². The summed E-state index contributed by atoms with van der Waals surface area (Å²) in [4.78, 5) is 24.6. The van der Waals surface area contributed by atoms with E-state index in [0.29, 0.717) is 12.5 Å². The molecule has 1 aromatic heterocycles. The Morgan fingerprint density at radius 3 is 2.76 bits per heavy atom. The maximum absolute atomic E-state index is 13.2. The number of anilines is 1. The van der Waals surface area contributed by atoms with Gasteiger partial charge in [-0.15, -0.1) is 11.3 Å². The fraction of sp³-hybridized carbons (Fsp3) is 0.462. The first-order chi connectivity index (χ1) is 16.2. The van der Waals surface area contributed by atoms with E-state index in [0.717, 1.165) is 64.3 Å². The Morgan fingerprint density at radius 2 is 1.91 bits per heavy atom. The quantitative estimate of drug-likeness (QED) is 0.553. The van der Waals surface area contributed by atoms with E-state index in [-0.39, 0.29) is 5.91 Å². The van der Waals surface area contributed by atoms with Crippen molar-refractivity contribution in [2.45, 2.75) is 25.3 Å². The topological polar surface area (TPSA) is 48.9 Å². The van der Waals surface area contributed by atoms with E-state index in [1.165, 1.54) is 21.0 Å². The molecule has 0 N–H and O–H groups in total. The predicted molar refractivity (Wildman–Crippen MR) is 134 cm³/mol. The van der Waals surface area contributed by atoms with Crippen molar-refractivity contribution in [2.24, 2.45) is 0 Å². The summed E-state index contributed by atoms with van der Waals surface area (Å²) in [5.74, 6) is 0.555. The molecule has 0 saturated carbocycles. The van der Waals surface area contributed by atoms with Gasteiger partial charge in [-0.3, -0.25) is 9.69 Å². The Morgan fingerprint density at radius 1 is 1.12 bits per heavy atom. The zero-order chi connectivity index (χ0) is 22.6. The van der Waals surface area contributed by atoms with Gasteiger partial charge in [-0.25, -0.2) is 4.98 Å². The number of para-hydroxylation sites is 2. The van der Waals surface area contributed by atoms with Crippen molar-refractivity contribution in [3.8, 4) is 0 Å². The third-order valence-corrected chi connectivity index (χ3v) is 7.82. The highest BCUT2D eigenvalue weighted by molar-refractivity contribution is 7.18. The molecule has 2 saturated heterocycles. The Bertz CT molecular complexity index is 1060. The summed E-state index contributed by atoms with van der Waals surface area (Å²) < 4.78 is 6.74. The number of hydrogen-bond acceptors (Lipinski definition) is 6. The average Bonchev–Trinajstić information content (AvgIpc) is 3.29. The van der Waals surface area contributed by atoms with Crippen molar-refractivity contribution >= 4 is 33.1 Å². The molecule has 1 amide bonds. The maximum Gasteiger partial charge on any atom is 0.236 e. The van der Waals surface area contributed by atoms with Crippen LogP contribution in [0.5, 0.6) is 0 Å². The second-order valence-corrected chi connectivity index (χ2v) is 10.2. The summed E-state index contributed by atoms with van der Waals surface area (Å²) >= 11 is 1.78. The number of fused-ring (bicyclic) bond motifs is 1. The predicted octanol–water partition coefficient (Wildman–Crippen LogP) is 3.97. The number of piperidine rings is 1. The van der Waals surface area contributed by atoms with Gasteiger partial charge in [0.25, 0.3) is 0 Å². The van der Waals surface area contributed by atoms with E-state index in [1.54, 1.807) is 11.3 Å². The monoisotopic (exact) mass is 464 g/mol. The van der Waals surface area contributed by atoms with Crippen molar-refractivity contribution < 1.29 is 9.53 Å². The number of hydrogen-bond donors (Lipinski definition) is 0. The van der Waals surface area contributed by atoms with Gasteiger partial charge in [-0.2, -0.15) is 0 Å². The summed E-state index contributed by atoms with van der Waals surface area (Å²) in [7, 11) is 2.04. The maximum atomic E-state index is 13.2. The lowest BCUT2D eigenvalue weighted by Gasteiger charge is -2.34. The molecule has 2 aliphatic heterocycles. The number of thiazole rings is 1. The van der Waals surface area contributed by atoms with E-state index in [9.17, 15) is 4.79 Å². The van der Waals surface area contributed by atoms with Gasteiger partial charge >= 0.3 is 0 Å². The largest absolute Gasteiger partial charge is 0.378 e. The number of carbonyl (C=O) groups is 1. The summed E-state index contributed by atoms with van der Waals surface area (Å²) in [6.45, 7) is 6.19. The molecule has 1 atom stereocenters. The standard InChI is InChI=1S/C26H32N4O2S/c1-28(17-20-7-2-4-10-23(20)29-13-15-32-16-14-29)19-25(31)30-12-6-8-21(18-30)26-27-22-9-3-5-11-24(22)33-26/h2-5,7,9-11,21H,6,8,12-19H2,1H3. The van der Waals surface area contributed by atoms with E-state index in [1.807, 2.05) is 18.0 Å². The molecule has 0 spiro atoms. The highest BCUT2D eigenvalue weighted by atomic mass is 32.1. The van der Waals surface area contributed by atoms with Crippen molar-refractivity contribution in [3.63, 3.8) is 0 Å². The second-order valence-electron chi connectivity index (χ2n) is 9.10. The SMILES string of the molecule is CN(CC(=O)N1CCCC(c2nc3ccccc3s2)C1)Cc1ccccc1N1CCOCC1. The highest BCUT2D eigenvalue weighted by Crippen LogP contribution is 2.33. The molecule has 7 heteroatoms. The lowest BCUT2D eigenvalue weighted by atomic mass is 9.98. The lowest BCUT2D eigenvalue weighted by molar-refractivity contribution is -0.133. The van der Waals surface area contributed by atoms with Crippen LogP contribution in [-0.4, -0.2) is 73.7 Å². The highest BCUT2D eigenvalue weighted by Gasteiger charge is 2.27. The van der Waals surface area contributed by atoms with Crippen LogP contribution in [0.1, 0.15) is 29.3 Å². The Labute approximate surface area is 199 Å². The number of benzene rings is 2. The average molecular weight is 465 g/mol. The normalized spacial score (nSPS) is 19.4. The second kappa shape index (κ2) is 10.2. The minimum atomic E-state index is 0.215. The summed E-state index contributed by atoms with van der Waals surface area (Å²) in [6.07, 6.45) is 2.14. The fourth-order valence-corrected chi connectivity index (χ4v) is 6.00. The first kappa shape index (κ1) is 22.3. The van der Waals surface area contributed by atoms with Crippen LogP contribution in [0.2, 0.25) is 0 Å². The molecule has 3 heterocycles. The first-order valence-electron chi connectivity index (χ1n) is 11.9. The van der Waals surface area contributed by atoms with Crippen LogP contribution in [0.15, 0.2) is 48.5 Å². The van der Waals surface area contributed by atoms with Gasteiger partial charge in [-0.1, -0.05) is 30.3 Å². The lowest BCUT2D eigenvalue weighted by Crippen LogP contribution is -2.43. The smallest absolute Gasteiger partial charge is 0.236 e. The van der Waals surface area contributed by atoms with Crippen LogP contribution in [0.3, 0.4) is 0 Å².